The molecule has 90 valence electrons. The van der Waals surface area contributed by atoms with Crippen molar-refractivity contribution in [1.29, 1.82) is 0 Å². The zero-order valence-electron chi connectivity index (χ0n) is 9.31. The van der Waals surface area contributed by atoms with Crippen molar-refractivity contribution in [2.75, 3.05) is 11.9 Å². The first kappa shape index (κ1) is 12.7. The molecule has 0 atom stereocenters. The van der Waals surface area contributed by atoms with Crippen molar-refractivity contribution in [2.24, 2.45) is 0 Å². The lowest BCUT2D eigenvalue weighted by atomic mass is 10.3. The summed E-state index contributed by atoms with van der Waals surface area (Å²) in [6.07, 6.45) is 1.80. The van der Waals surface area contributed by atoms with E-state index in [2.05, 4.69) is 15.3 Å². The van der Waals surface area contributed by atoms with Crippen molar-refractivity contribution < 1.29 is 0 Å². The maximum absolute atomic E-state index is 6.12. The van der Waals surface area contributed by atoms with E-state index in [4.69, 9.17) is 11.6 Å². The molecule has 3 nitrogen and oxygen atoms in total. The van der Waals surface area contributed by atoms with Gasteiger partial charge in [0.05, 0.1) is 10.7 Å². The van der Waals surface area contributed by atoms with E-state index in [1.807, 2.05) is 24.4 Å². The molecule has 0 aliphatic rings. The van der Waals surface area contributed by atoms with Gasteiger partial charge in [0.15, 0.2) is 0 Å². The predicted molar refractivity (Wildman–Crippen MR) is 75.1 cm³/mol. The Morgan fingerprint density at radius 2 is 2.35 bits per heavy atom. The van der Waals surface area contributed by atoms with Crippen LogP contribution in [0.2, 0.25) is 5.02 Å². The first-order valence-corrected chi connectivity index (χ1v) is 7.45. The van der Waals surface area contributed by atoms with Crippen molar-refractivity contribution in [1.82, 2.24) is 9.97 Å². The monoisotopic (exact) mass is 285 g/mol. The average molecular weight is 286 g/mol. The topological polar surface area (TPSA) is 37.8 Å². The molecule has 0 bridgehead atoms. The van der Waals surface area contributed by atoms with Crippen LogP contribution in [-0.4, -0.2) is 16.5 Å². The summed E-state index contributed by atoms with van der Waals surface area (Å²) in [4.78, 5) is 8.69. The molecule has 0 aromatic carbocycles. The number of rotatable bonds is 5. The normalized spacial score (nSPS) is 10.5. The standard InChI is InChI=1S/C11H12ClN3S2/c1-2-13-10-4-3-8(12)9(15-10)7-17-11-14-5-6-16-11/h3-6H,2,7H2,1H3,(H,13,15). The van der Waals surface area contributed by atoms with Crippen LogP contribution in [0.5, 0.6) is 0 Å². The lowest BCUT2D eigenvalue weighted by Gasteiger charge is -2.06. The van der Waals surface area contributed by atoms with E-state index in [0.717, 1.165) is 28.1 Å². The van der Waals surface area contributed by atoms with Gasteiger partial charge in [-0.3, -0.25) is 0 Å². The Hall–Kier alpha value is -0.780. The van der Waals surface area contributed by atoms with Crippen LogP contribution in [0.4, 0.5) is 5.82 Å². The Morgan fingerprint density at radius 3 is 3.06 bits per heavy atom. The summed E-state index contributed by atoms with van der Waals surface area (Å²) in [5, 5.41) is 5.85. The molecule has 0 spiro atoms. The van der Waals surface area contributed by atoms with Crippen LogP contribution in [0.15, 0.2) is 28.0 Å². The molecule has 0 unspecified atom stereocenters. The molecule has 6 heteroatoms. The number of nitrogens with one attached hydrogen (secondary N) is 1. The highest BCUT2D eigenvalue weighted by Gasteiger charge is 2.05. The van der Waals surface area contributed by atoms with Gasteiger partial charge in [-0.05, 0) is 19.1 Å². The minimum absolute atomic E-state index is 0.704. The van der Waals surface area contributed by atoms with Crippen molar-refractivity contribution in [3.63, 3.8) is 0 Å². The smallest absolute Gasteiger partial charge is 0.150 e. The average Bonchev–Trinajstić information content (AvgIpc) is 2.83. The molecule has 2 aromatic rings. The molecule has 1 N–H and O–H groups in total. The Balaban J connectivity index is 2.06. The molecule has 0 aliphatic heterocycles. The summed E-state index contributed by atoms with van der Waals surface area (Å²) < 4.78 is 1.04. The molecule has 17 heavy (non-hydrogen) atoms. The number of anilines is 1. The molecular formula is C11H12ClN3S2. The fourth-order valence-electron chi connectivity index (χ4n) is 1.28. The second-order valence-corrected chi connectivity index (χ2v) is 5.77. The van der Waals surface area contributed by atoms with Crippen LogP contribution in [0.25, 0.3) is 0 Å². The van der Waals surface area contributed by atoms with Gasteiger partial charge in [-0.15, -0.1) is 11.3 Å². The van der Waals surface area contributed by atoms with Gasteiger partial charge in [0.1, 0.15) is 10.2 Å². The zero-order chi connectivity index (χ0) is 12.1. The zero-order valence-corrected chi connectivity index (χ0v) is 11.7. The third kappa shape index (κ3) is 3.59. The van der Waals surface area contributed by atoms with Gasteiger partial charge >= 0.3 is 0 Å². The first-order chi connectivity index (χ1) is 8.29. The molecule has 0 radical (unpaired) electrons. The van der Waals surface area contributed by atoms with E-state index in [9.17, 15) is 0 Å². The lowest BCUT2D eigenvalue weighted by molar-refractivity contribution is 1.11. The number of nitrogens with zero attached hydrogens (tertiary/aromatic N) is 2. The third-order valence-corrected chi connectivity index (χ3v) is 4.34. The van der Waals surface area contributed by atoms with Gasteiger partial charge in [-0.25, -0.2) is 9.97 Å². The van der Waals surface area contributed by atoms with Gasteiger partial charge in [0.25, 0.3) is 0 Å². The molecule has 0 amide bonds. The summed E-state index contributed by atoms with van der Waals surface area (Å²) in [5.74, 6) is 1.61. The summed E-state index contributed by atoms with van der Waals surface area (Å²) in [5.41, 5.74) is 0.894. The maximum Gasteiger partial charge on any atom is 0.150 e. The van der Waals surface area contributed by atoms with E-state index in [1.54, 1.807) is 29.3 Å². The van der Waals surface area contributed by atoms with Gasteiger partial charge in [-0.2, -0.15) is 0 Å². The molecule has 2 aromatic heterocycles. The SMILES string of the molecule is CCNc1ccc(Cl)c(CSc2nccs2)n1. The second kappa shape index (κ2) is 6.23. The van der Waals surface area contributed by atoms with Crippen molar-refractivity contribution >= 4 is 40.5 Å². The maximum atomic E-state index is 6.12. The molecule has 0 saturated heterocycles. The Morgan fingerprint density at radius 1 is 1.47 bits per heavy atom. The summed E-state index contributed by atoms with van der Waals surface area (Å²) in [7, 11) is 0. The van der Waals surface area contributed by atoms with E-state index in [0.29, 0.717) is 5.02 Å². The number of hydrogen-bond acceptors (Lipinski definition) is 5. The van der Waals surface area contributed by atoms with E-state index < -0.39 is 0 Å². The van der Waals surface area contributed by atoms with Crippen molar-refractivity contribution in [2.45, 2.75) is 17.0 Å². The number of hydrogen-bond donors (Lipinski definition) is 1. The lowest BCUT2D eigenvalue weighted by Crippen LogP contribution is -2.01. The minimum atomic E-state index is 0.704. The van der Waals surface area contributed by atoms with E-state index >= 15 is 0 Å². The number of pyridine rings is 1. The molecular weight excluding hydrogens is 274 g/mol. The minimum Gasteiger partial charge on any atom is -0.370 e. The quantitative estimate of drug-likeness (QED) is 0.845. The Labute approximate surface area is 114 Å². The summed E-state index contributed by atoms with van der Waals surface area (Å²) in [6.45, 7) is 2.90. The van der Waals surface area contributed by atoms with Gasteiger partial charge in [0.2, 0.25) is 0 Å². The fraction of sp³-hybridized carbons (Fsp3) is 0.273. The highest BCUT2D eigenvalue weighted by molar-refractivity contribution is 8.00. The molecule has 0 aliphatic carbocycles. The largest absolute Gasteiger partial charge is 0.370 e. The molecule has 2 heterocycles. The van der Waals surface area contributed by atoms with Crippen molar-refractivity contribution in [3.05, 3.63) is 34.4 Å². The van der Waals surface area contributed by atoms with Crippen LogP contribution in [0, 0.1) is 0 Å². The van der Waals surface area contributed by atoms with Crippen LogP contribution >= 0.6 is 34.7 Å². The number of halogens is 1. The summed E-state index contributed by atoms with van der Waals surface area (Å²) in [6, 6.07) is 3.77. The number of thioether (sulfide) groups is 1. The first-order valence-electron chi connectivity index (χ1n) is 5.21. The van der Waals surface area contributed by atoms with Gasteiger partial charge < -0.3 is 5.32 Å². The predicted octanol–water partition coefficient (Wildman–Crippen LogP) is 3.92. The molecule has 0 saturated carbocycles. The van der Waals surface area contributed by atoms with Gasteiger partial charge in [-0.1, -0.05) is 23.4 Å². The Kier molecular flexibility index (Phi) is 4.65. The molecule has 0 fully saturated rings. The summed E-state index contributed by atoms with van der Waals surface area (Å²) >= 11 is 9.40. The second-order valence-electron chi connectivity index (χ2n) is 3.24. The van der Waals surface area contributed by atoms with E-state index in [1.165, 1.54) is 0 Å². The van der Waals surface area contributed by atoms with Gasteiger partial charge in [0, 0.05) is 23.9 Å². The highest BCUT2D eigenvalue weighted by Crippen LogP contribution is 2.27. The van der Waals surface area contributed by atoms with Crippen LogP contribution < -0.4 is 5.32 Å². The number of aromatic nitrogens is 2. The molecule has 2 rings (SSSR count). The van der Waals surface area contributed by atoms with Crippen LogP contribution in [0.1, 0.15) is 12.6 Å². The van der Waals surface area contributed by atoms with Crippen LogP contribution in [0.3, 0.4) is 0 Å². The number of thiazole rings is 1. The van der Waals surface area contributed by atoms with Crippen LogP contribution in [-0.2, 0) is 5.75 Å². The third-order valence-electron chi connectivity index (χ3n) is 2.02. The Bertz CT molecular complexity index is 474. The highest BCUT2D eigenvalue weighted by atomic mass is 35.5. The van der Waals surface area contributed by atoms with Crippen molar-refractivity contribution in [3.8, 4) is 0 Å². The fourth-order valence-corrected chi connectivity index (χ4v) is 3.12. The van der Waals surface area contributed by atoms with E-state index in [-0.39, 0.29) is 0 Å².